The zero-order chi connectivity index (χ0) is 14.1. The third-order valence-electron chi connectivity index (χ3n) is 4.15. The second kappa shape index (κ2) is 5.26. The van der Waals surface area contributed by atoms with Gasteiger partial charge < -0.3 is 10.2 Å². The quantitative estimate of drug-likeness (QED) is 0.851. The van der Waals surface area contributed by atoms with E-state index < -0.39 is 0 Å². The highest BCUT2D eigenvalue weighted by atomic mass is 16.2. The van der Waals surface area contributed by atoms with Crippen LogP contribution in [0.3, 0.4) is 0 Å². The monoisotopic (exact) mass is 276 g/mol. The number of aromatic nitrogens is 2. The first-order chi connectivity index (χ1) is 9.66. The molecule has 20 heavy (non-hydrogen) atoms. The highest BCUT2D eigenvalue weighted by molar-refractivity contribution is 5.89. The standard InChI is InChI=1S/C14H20N4O2/c1-9-11(8-16-17-9)7-15-13(19)12-3-2-6-18(12)14(20)10-4-5-10/h8,10,12H,2-7H2,1H3,(H,15,19)(H,16,17). The zero-order valence-electron chi connectivity index (χ0n) is 11.7. The molecule has 1 aliphatic heterocycles. The van der Waals surface area contributed by atoms with Crippen LogP contribution >= 0.6 is 0 Å². The average Bonchev–Trinajstić information content (AvgIpc) is 3.03. The molecule has 0 bridgehead atoms. The number of aryl methyl sites for hydroxylation is 1. The SMILES string of the molecule is Cc1[nH]ncc1CNC(=O)C1CCCN1C(=O)C1CC1. The van der Waals surface area contributed by atoms with Gasteiger partial charge in [-0.2, -0.15) is 5.10 Å². The molecule has 2 amide bonds. The summed E-state index contributed by atoms with van der Waals surface area (Å²) in [6.07, 6.45) is 5.38. The van der Waals surface area contributed by atoms with E-state index in [-0.39, 0.29) is 23.8 Å². The van der Waals surface area contributed by atoms with Crippen molar-refractivity contribution in [3.05, 3.63) is 17.5 Å². The van der Waals surface area contributed by atoms with Gasteiger partial charge in [0.1, 0.15) is 6.04 Å². The first-order valence-electron chi connectivity index (χ1n) is 7.24. The summed E-state index contributed by atoms with van der Waals surface area (Å²) in [5.41, 5.74) is 1.94. The van der Waals surface area contributed by atoms with E-state index in [9.17, 15) is 9.59 Å². The molecule has 0 spiro atoms. The minimum atomic E-state index is -0.282. The Hall–Kier alpha value is -1.85. The highest BCUT2D eigenvalue weighted by Crippen LogP contribution is 2.33. The molecule has 1 saturated heterocycles. The van der Waals surface area contributed by atoms with Gasteiger partial charge in [-0.1, -0.05) is 0 Å². The summed E-state index contributed by atoms with van der Waals surface area (Å²) in [4.78, 5) is 26.2. The maximum Gasteiger partial charge on any atom is 0.243 e. The molecule has 1 atom stereocenters. The number of carbonyl (C=O) groups excluding carboxylic acids is 2. The van der Waals surface area contributed by atoms with Gasteiger partial charge in [-0.05, 0) is 32.6 Å². The van der Waals surface area contributed by atoms with Crippen LogP contribution in [0.15, 0.2) is 6.20 Å². The Bertz CT molecular complexity index is 521. The third kappa shape index (κ3) is 2.55. The number of rotatable bonds is 4. The van der Waals surface area contributed by atoms with Crippen molar-refractivity contribution >= 4 is 11.8 Å². The number of carbonyl (C=O) groups is 2. The van der Waals surface area contributed by atoms with Crippen molar-refractivity contribution in [1.82, 2.24) is 20.4 Å². The van der Waals surface area contributed by atoms with Crippen LogP contribution in [0.1, 0.15) is 36.9 Å². The van der Waals surface area contributed by atoms with E-state index in [4.69, 9.17) is 0 Å². The van der Waals surface area contributed by atoms with Crippen LogP contribution < -0.4 is 5.32 Å². The topological polar surface area (TPSA) is 78.1 Å². The largest absolute Gasteiger partial charge is 0.350 e. The number of nitrogens with one attached hydrogen (secondary N) is 2. The normalized spacial score (nSPS) is 22.1. The van der Waals surface area contributed by atoms with Crippen molar-refractivity contribution in [3.63, 3.8) is 0 Å². The lowest BCUT2D eigenvalue weighted by molar-refractivity contribution is -0.139. The molecule has 2 fully saturated rings. The Kier molecular flexibility index (Phi) is 3.46. The number of H-pyrrole nitrogens is 1. The highest BCUT2D eigenvalue weighted by Gasteiger charge is 2.40. The number of likely N-dealkylation sites (tertiary alicyclic amines) is 1. The number of amides is 2. The lowest BCUT2D eigenvalue weighted by atomic mass is 10.2. The van der Waals surface area contributed by atoms with Crippen molar-refractivity contribution in [3.8, 4) is 0 Å². The predicted octanol–water partition coefficient (Wildman–Crippen LogP) is 0.735. The molecule has 2 N–H and O–H groups in total. The van der Waals surface area contributed by atoms with Crippen LogP contribution in [0.2, 0.25) is 0 Å². The van der Waals surface area contributed by atoms with Gasteiger partial charge in [-0.3, -0.25) is 14.7 Å². The van der Waals surface area contributed by atoms with Crippen molar-refractivity contribution < 1.29 is 9.59 Å². The second-order valence-electron chi connectivity index (χ2n) is 5.70. The Morgan fingerprint density at radius 1 is 1.45 bits per heavy atom. The van der Waals surface area contributed by atoms with Gasteiger partial charge in [-0.25, -0.2) is 0 Å². The van der Waals surface area contributed by atoms with Crippen LogP contribution in [-0.2, 0) is 16.1 Å². The molecule has 1 aromatic rings. The van der Waals surface area contributed by atoms with Crippen molar-refractivity contribution in [2.45, 2.75) is 45.2 Å². The third-order valence-corrected chi connectivity index (χ3v) is 4.15. The first kappa shape index (κ1) is 13.1. The summed E-state index contributed by atoms with van der Waals surface area (Å²) < 4.78 is 0. The molecule has 6 nitrogen and oxygen atoms in total. The molecule has 0 radical (unpaired) electrons. The fourth-order valence-corrected chi connectivity index (χ4v) is 2.72. The summed E-state index contributed by atoms with van der Waals surface area (Å²) in [5, 5.41) is 9.70. The van der Waals surface area contributed by atoms with Gasteiger partial charge >= 0.3 is 0 Å². The molecule has 1 aliphatic carbocycles. The second-order valence-corrected chi connectivity index (χ2v) is 5.70. The molecule has 3 rings (SSSR count). The molecule has 1 saturated carbocycles. The van der Waals surface area contributed by atoms with Gasteiger partial charge in [0, 0.05) is 30.3 Å². The minimum absolute atomic E-state index is 0.0444. The lowest BCUT2D eigenvalue weighted by Crippen LogP contribution is -2.46. The molecule has 0 aromatic carbocycles. The summed E-state index contributed by atoms with van der Waals surface area (Å²) in [7, 11) is 0. The Morgan fingerprint density at radius 2 is 2.25 bits per heavy atom. The lowest BCUT2D eigenvalue weighted by Gasteiger charge is -2.24. The molecule has 2 aliphatic rings. The Labute approximate surface area is 117 Å². The van der Waals surface area contributed by atoms with Crippen molar-refractivity contribution in [1.29, 1.82) is 0 Å². The first-order valence-corrected chi connectivity index (χ1v) is 7.24. The van der Waals surface area contributed by atoms with Gasteiger partial charge in [-0.15, -0.1) is 0 Å². The average molecular weight is 276 g/mol. The molecule has 1 aromatic heterocycles. The number of hydrogen-bond donors (Lipinski definition) is 2. The summed E-state index contributed by atoms with van der Waals surface area (Å²) in [6.45, 7) is 3.11. The van der Waals surface area contributed by atoms with Crippen LogP contribution in [0.4, 0.5) is 0 Å². The van der Waals surface area contributed by atoms with E-state index in [1.807, 2.05) is 6.92 Å². The Morgan fingerprint density at radius 3 is 2.90 bits per heavy atom. The summed E-state index contributed by atoms with van der Waals surface area (Å²) >= 11 is 0. The zero-order valence-corrected chi connectivity index (χ0v) is 11.7. The van der Waals surface area contributed by atoms with E-state index in [1.54, 1.807) is 11.1 Å². The molecular formula is C14H20N4O2. The van der Waals surface area contributed by atoms with E-state index >= 15 is 0 Å². The van der Waals surface area contributed by atoms with Gasteiger partial charge in [0.15, 0.2) is 0 Å². The van der Waals surface area contributed by atoms with Gasteiger partial charge in [0.2, 0.25) is 11.8 Å². The molecule has 108 valence electrons. The van der Waals surface area contributed by atoms with Crippen molar-refractivity contribution in [2.75, 3.05) is 6.54 Å². The van der Waals surface area contributed by atoms with Gasteiger partial charge in [0.25, 0.3) is 0 Å². The van der Waals surface area contributed by atoms with Crippen LogP contribution in [0, 0.1) is 12.8 Å². The minimum Gasteiger partial charge on any atom is -0.350 e. The summed E-state index contributed by atoms with van der Waals surface area (Å²) in [6, 6.07) is -0.282. The van der Waals surface area contributed by atoms with Gasteiger partial charge in [0.05, 0.1) is 6.20 Å². The van der Waals surface area contributed by atoms with E-state index in [0.29, 0.717) is 6.54 Å². The molecular weight excluding hydrogens is 256 g/mol. The maximum absolute atomic E-state index is 12.3. The van der Waals surface area contributed by atoms with Crippen LogP contribution in [0.5, 0.6) is 0 Å². The number of hydrogen-bond acceptors (Lipinski definition) is 3. The molecule has 2 heterocycles. The predicted molar refractivity (Wildman–Crippen MR) is 72.6 cm³/mol. The van der Waals surface area contributed by atoms with E-state index in [1.165, 1.54) is 0 Å². The van der Waals surface area contributed by atoms with Crippen LogP contribution in [-0.4, -0.2) is 39.5 Å². The van der Waals surface area contributed by atoms with Crippen LogP contribution in [0.25, 0.3) is 0 Å². The number of aromatic amines is 1. The van der Waals surface area contributed by atoms with E-state index in [2.05, 4.69) is 15.5 Å². The van der Waals surface area contributed by atoms with Crippen molar-refractivity contribution in [2.24, 2.45) is 5.92 Å². The maximum atomic E-state index is 12.3. The fourth-order valence-electron chi connectivity index (χ4n) is 2.72. The van der Waals surface area contributed by atoms with E-state index in [0.717, 1.165) is 43.5 Å². The number of nitrogens with zero attached hydrogens (tertiary/aromatic N) is 2. The molecule has 6 heteroatoms. The summed E-state index contributed by atoms with van der Waals surface area (Å²) in [5.74, 6) is 0.304. The smallest absolute Gasteiger partial charge is 0.243 e. The fraction of sp³-hybridized carbons (Fsp3) is 0.643. The molecule has 1 unspecified atom stereocenters. The Balaban J connectivity index is 1.58.